The molecule has 1 heterocycles. The molecule has 5 nitrogen and oxygen atoms in total. The average molecular weight is 316 g/mol. The molecule has 0 aromatic heterocycles. The van der Waals surface area contributed by atoms with Gasteiger partial charge in [0.05, 0.1) is 0 Å². The molecule has 1 saturated carbocycles. The van der Waals surface area contributed by atoms with E-state index in [2.05, 4.69) is 17.6 Å². The van der Waals surface area contributed by atoms with Crippen molar-refractivity contribution in [3.8, 4) is 5.75 Å². The number of fused-ring (bicyclic) bond motifs is 1. The zero-order valence-corrected chi connectivity index (χ0v) is 13.6. The Bertz CT molecular complexity index is 600. The van der Waals surface area contributed by atoms with Gasteiger partial charge < -0.3 is 15.4 Å². The van der Waals surface area contributed by atoms with E-state index in [9.17, 15) is 9.59 Å². The van der Waals surface area contributed by atoms with Crippen LogP contribution in [0.2, 0.25) is 0 Å². The summed E-state index contributed by atoms with van der Waals surface area (Å²) >= 11 is 0. The Hall–Kier alpha value is -2.04. The van der Waals surface area contributed by atoms with E-state index in [0.717, 1.165) is 17.7 Å². The maximum absolute atomic E-state index is 12.1. The SMILES string of the molecule is CC1CCCCC1NC(=O)COc1ccc2c(c1)CCC(=O)N2. The summed E-state index contributed by atoms with van der Waals surface area (Å²) in [5.41, 5.74) is 1.90. The second kappa shape index (κ2) is 7.02. The minimum atomic E-state index is -0.0604. The molecule has 3 rings (SSSR count). The highest BCUT2D eigenvalue weighted by Gasteiger charge is 2.23. The molecule has 23 heavy (non-hydrogen) atoms. The van der Waals surface area contributed by atoms with Crippen molar-refractivity contribution in [2.75, 3.05) is 11.9 Å². The van der Waals surface area contributed by atoms with Gasteiger partial charge in [0.2, 0.25) is 5.91 Å². The molecule has 0 saturated heterocycles. The summed E-state index contributed by atoms with van der Waals surface area (Å²) in [6.07, 6.45) is 5.90. The van der Waals surface area contributed by atoms with Crippen LogP contribution in [0.1, 0.15) is 44.6 Å². The summed E-state index contributed by atoms with van der Waals surface area (Å²) in [6.45, 7) is 2.23. The van der Waals surface area contributed by atoms with Crippen LogP contribution in [0.15, 0.2) is 18.2 Å². The Kier molecular flexibility index (Phi) is 4.84. The molecule has 2 amide bonds. The summed E-state index contributed by atoms with van der Waals surface area (Å²) < 4.78 is 5.61. The molecule has 5 heteroatoms. The molecule has 1 fully saturated rings. The number of hydrogen-bond acceptors (Lipinski definition) is 3. The van der Waals surface area contributed by atoms with E-state index in [1.165, 1.54) is 19.3 Å². The standard InChI is InChI=1S/C18H24N2O3/c1-12-4-2-3-5-15(12)19-18(22)11-23-14-7-8-16-13(10-14)6-9-17(21)20-16/h7-8,10,12,15H,2-6,9,11H2,1H3,(H,19,22)(H,20,21). The van der Waals surface area contributed by atoms with E-state index in [1.54, 1.807) is 6.07 Å². The fourth-order valence-electron chi connectivity index (χ4n) is 3.38. The Balaban J connectivity index is 1.52. The molecule has 2 aliphatic rings. The average Bonchev–Trinajstić information content (AvgIpc) is 2.55. The minimum absolute atomic E-state index is 0.0361. The topological polar surface area (TPSA) is 67.4 Å². The van der Waals surface area contributed by atoms with Gasteiger partial charge in [0.1, 0.15) is 5.75 Å². The van der Waals surface area contributed by atoms with Gasteiger partial charge in [-0.1, -0.05) is 19.8 Å². The van der Waals surface area contributed by atoms with Crippen LogP contribution in [0.4, 0.5) is 5.69 Å². The molecular formula is C18H24N2O3. The lowest BCUT2D eigenvalue weighted by Gasteiger charge is -2.29. The minimum Gasteiger partial charge on any atom is -0.484 e. The van der Waals surface area contributed by atoms with Crippen molar-refractivity contribution in [2.45, 2.75) is 51.5 Å². The Labute approximate surface area is 136 Å². The molecule has 2 unspecified atom stereocenters. The monoisotopic (exact) mass is 316 g/mol. The van der Waals surface area contributed by atoms with E-state index < -0.39 is 0 Å². The van der Waals surface area contributed by atoms with Crippen LogP contribution in [0.25, 0.3) is 0 Å². The van der Waals surface area contributed by atoms with Gasteiger partial charge in [0.25, 0.3) is 5.91 Å². The third kappa shape index (κ3) is 4.03. The Morgan fingerprint density at radius 1 is 1.30 bits per heavy atom. The summed E-state index contributed by atoms with van der Waals surface area (Å²) in [4.78, 5) is 23.4. The molecular weight excluding hydrogens is 292 g/mol. The summed E-state index contributed by atoms with van der Waals surface area (Å²) in [7, 11) is 0. The first-order chi connectivity index (χ1) is 11.1. The van der Waals surface area contributed by atoms with E-state index in [1.807, 2.05) is 12.1 Å². The van der Waals surface area contributed by atoms with Crippen molar-refractivity contribution in [2.24, 2.45) is 5.92 Å². The largest absolute Gasteiger partial charge is 0.484 e. The van der Waals surface area contributed by atoms with Gasteiger partial charge in [-0.05, 0) is 48.9 Å². The van der Waals surface area contributed by atoms with Crippen LogP contribution in [-0.2, 0) is 16.0 Å². The van der Waals surface area contributed by atoms with E-state index in [0.29, 0.717) is 24.5 Å². The summed E-state index contributed by atoms with van der Waals surface area (Å²) in [5.74, 6) is 1.20. The number of rotatable bonds is 4. The lowest BCUT2D eigenvalue weighted by Crippen LogP contribution is -2.43. The van der Waals surface area contributed by atoms with Crippen LogP contribution in [0.3, 0.4) is 0 Å². The Morgan fingerprint density at radius 2 is 2.13 bits per heavy atom. The van der Waals surface area contributed by atoms with Crippen molar-refractivity contribution < 1.29 is 14.3 Å². The maximum Gasteiger partial charge on any atom is 0.258 e. The van der Waals surface area contributed by atoms with Crippen LogP contribution in [0.5, 0.6) is 5.75 Å². The van der Waals surface area contributed by atoms with Crippen LogP contribution in [-0.4, -0.2) is 24.5 Å². The first-order valence-corrected chi connectivity index (χ1v) is 8.47. The van der Waals surface area contributed by atoms with Gasteiger partial charge in [0, 0.05) is 18.2 Å². The number of amides is 2. The second-order valence-electron chi connectivity index (χ2n) is 6.59. The zero-order valence-electron chi connectivity index (χ0n) is 13.6. The molecule has 0 bridgehead atoms. The number of ether oxygens (including phenoxy) is 1. The van der Waals surface area contributed by atoms with Crippen LogP contribution >= 0.6 is 0 Å². The molecule has 2 N–H and O–H groups in total. The molecule has 0 spiro atoms. The second-order valence-corrected chi connectivity index (χ2v) is 6.59. The van der Waals surface area contributed by atoms with Gasteiger partial charge in [-0.3, -0.25) is 9.59 Å². The van der Waals surface area contributed by atoms with Gasteiger partial charge in [-0.25, -0.2) is 0 Å². The smallest absolute Gasteiger partial charge is 0.258 e. The van der Waals surface area contributed by atoms with E-state index in [-0.39, 0.29) is 24.5 Å². The fourth-order valence-corrected chi connectivity index (χ4v) is 3.38. The number of hydrogen-bond donors (Lipinski definition) is 2. The first-order valence-electron chi connectivity index (χ1n) is 8.47. The van der Waals surface area contributed by atoms with Gasteiger partial charge >= 0.3 is 0 Å². The number of benzene rings is 1. The van der Waals surface area contributed by atoms with Crippen molar-refractivity contribution in [3.63, 3.8) is 0 Å². The first kappa shape index (κ1) is 15.8. The molecule has 1 aromatic carbocycles. The highest BCUT2D eigenvalue weighted by atomic mass is 16.5. The van der Waals surface area contributed by atoms with Crippen molar-refractivity contribution in [1.82, 2.24) is 5.32 Å². The zero-order chi connectivity index (χ0) is 16.2. The lowest BCUT2D eigenvalue weighted by molar-refractivity contribution is -0.124. The third-order valence-corrected chi connectivity index (χ3v) is 4.80. The van der Waals surface area contributed by atoms with Crippen molar-refractivity contribution in [3.05, 3.63) is 23.8 Å². The number of carbonyl (C=O) groups excluding carboxylic acids is 2. The Morgan fingerprint density at radius 3 is 2.96 bits per heavy atom. The third-order valence-electron chi connectivity index (χ3n) is 4.80. The van der Waals surface area contributed by atoms with E-state index in [4.69, 9.17) is 4.74 Å². The van der Waals surface area contributed by atoms with Crippen LogP contribution < -0.4 is 15.4 Å². The lowest BCUT2D eigenvalue weighted by atomic mass is 9.86. The molecule has 124 valence electrons. The predicted octanol–water partition coefficient (Wildman–Crippen LogP) is 2.65. The van der Waals surface area contributed by atoms with Gasteiger partial charge in [-0.15, -0.1) is 0 Å². The van der Waals surface area contributed by atoms with E-state index >= 15 is 0 Å². The normalized spacial score (nSPS) is 23.6. The molecule has 2 atom stereocenters. The molecule has 1 aliphatic heterocycles. The predicted molar refractivity (Wildman–Crippen MR) is 88.5 cm³/mol. The fraction of sp³-hybridized carbons (Fsp3) is 0.556. The molecule has 1 aromatic rings. The van der Waals surface area contributed by atoms with Crippen molar-refractivity contribution >= 4 is 17.5 Å². The molecule has 1 aliphatic carbocycles. The maximum atomic E-state index is 12.1. The number of anilines is 1. The highest BCUT2D eigenvalue weighted by Crippen LogP contribution is 2.27. The summed E-state index contributed by atoms with van der Waals surface area (Å²) in [6, 6.07) is 5.81. The molecule has 0 radical (unpaired) electrons. The number of nitrogens with one attached hydrogen (secondary N) is 2. The summed E-state index contributed by atoms with van der Waals surface area (Å²) in [5, 5.41) is 5.92. The number of aryl methyl sites for hydroxylation is 1. The van der Waals surface area contributed by atoms with Gasteiger partial charge in [0.15, 0.2) is 6.61 Å². The number of carbonyl (C=O) groups is 2. The quantitative estimate of drug-likeness (QED) is 0.897. The van der Waals surface area contributed by atoms with Crippen LogP contribution in [0, 0.1) is 5.92 Å². The van der Waals surface area contributed by atoms with Crippen molar-refractivity contribution in [1.29, 1.82) is 0 Å². The van der Waals surface area contributed by atoms with Gasteiger partial charge in [-0.2, -0.15) is 0 Å². The highest BCUT2D eigenvalue weighted by molar-refractivity contribution is 5.94.